The fourth-order valence-corrected chi connectivity index (χ4v) is 8.72. The number of aromatic nitrogens is 2. The normalized spacial score (nSPS) is 11.6. The Bertz CT molecular complexity index is 2860. The zero-order valence-corrected chi connectivity index (χ0v) is 28.6. The number of thiophene rings is 1. The van der Waals surface area contributed by atoms with Gasteiger partial charge in [0, 0.05) is 48.3 Å². The van der Waals surface area contributed by atoms with Crippen LogP contribution < -0.4 is 0 Å². The number of hydrogen-bond donors (Lipinski definition) is 0. The van der Waals surface area contributed by atoms with E-state index in [0.717, 1.165) is 72.3 Å². The third kappa shape index (κ3) is 4.95. The molecule has 3 nitrogen and oxygen atoms in total. The lowest BCUT2D eigenvalue weighted by Crippen LogP contribution is -1.96. The molecule has 4 aromatic heterocycles. The highest BCUT2D eigenvalue weighted by Gasteiger charge is 2.19. The monoisotopic (exact) mass is 670 g/mol. The molecule has 0 unspecified atom stereocenters. The molecule has 10 aromatic rings. The van der Waals surface area contributed by atoms with Gasteiger partial charge >= 0.3 is 0 Å². The van der Waals surface area contributed by atoms with Crippen LogP contribution in [0.15, 0.2) is 168 Å². The van der Waals surface area contributed by atoms with E-state index in [1.807, 2.05) is 29.8 Å². The van der Waals surface area contributed by atoms with Crippen LogP contribution in [0.5, 0.6) is 0 Å². The summed E-state index contributed by atoms with van der Waals surface area (Å²) in [6.07, 6.45) is 3.74. The maximum absolute atomic E-state index is 6.44. The fraction of sp³-hybridized carbons (Fsp3) is 0.0213. The summed E-state index contributed by atoms with van der Waals surface area (Å²) in [6, 6.07) is 53.9. The average molecular weight is 671 g/mol. The molecular weight excluding hydrogens is 641 g/mol. The van der Waals surface area contributed by atoms with Gasteiger partial charge in [0.05, 0.1) is 17.6 Å². The molecule has 0 bridgehead atoms. The van der Waals surface area contributed by atoms with Crippen molar-refractivity contribution in [3.63, 3.8) is 0 Å². The Morgan fingerprint density at radius 3 is 2.06 bits per heavy atom. The number of benzene rings is 6. The van der Waals surface area contributed by atoms with Crippen LogP contribution in [-0.4, -0.2) is 9.97 Å². The van der Waals surface area contributed by atoms with Crippen molar-refractivity contribution in [1.29, 1.82) is 0 Å². The first kappa shape index (κ1) is 29.5. The van der Waals surface area contributed by atoms with Gasteiger partial charge in [0.2, 0.25) is 0 Å². The summed E-state index contributed by atoms with van der Waals surface area (Å²) < 4.78 is 9.07. The molecule has 10 rings (SSSR count). The second kappa shape index (κ2) is 11.9. The van der Waals surface area contributed by atoms with Crippen LogP contribution in [0.2, 0.25) is 0 Å². The van der Waals surface area contributed by atoms with Gasteiger partial charge in [-0.15, -0.1) is 11.3 Å². The first-order chi connectivity index (χ1) is 25.2. The molecule has 0 saturated carbocycles. The Balaban J connectivity index is 1.14. The number of hydrogen-bond acceptors (Lipinski definition) is 4. The molecule has 6 aromatic carbocycles. The van der Waals surface area contributed by atoms with E-state index in [9.17, 15) is 0 Å². The molecule has 4 heteroatoms. The molecule has 240 valence electrons. The smallest absolute Gasteiger partial charge is 0.154 e. The number of nitrogens with zero attached hydrogens (tertiary/aromatic N) is 2. The quantitative estimate of drug-likeness (QED) is 0.183. The summed E-state index contributed by atoms with van der Waals surface area (Å²) in [6.45, 7) is 2.16. The first-order valence-electron chi connectivity index (χ1n) is 17.1. The lowest BCUT2D eigenvalue weighted by Gasteiger charge is -2.15. The van der Waals surface area contributed by atoms with E-state index in [4.69, 9.17) is 9.40 Å². The minimum atomic E-state index is 0.745. The van der Waals surface area contributed by atoms with Gasteiger partial charge in [-0.05, 0) is 76.2 Å². The molecule has 0 aliphatic carbocycles. The van der Waals surface area contributed by atoms with Crippen LogP contribution in [-0.2, 0) is 0 Å². The Hall–Kier alpha value is -6.36. The lowest BCUT2D eigenvalue weighted by molar-refractivity contribution is 0.667. The largest absolute Gasteiger partial charge is 0.454 e. The summed E-state index contributed by atoms with van der Waals surface area (Å²) in [7, 11) is 0. The van der Waals surface area contributed by atoms with Crippen LogP contribution in [0.4, 0.5) is 0 Å². The van der Waals surface area contributed by atoms with Gasteiger partial charge in [0.15, 0.2) is 5.58 Å². The lowest BCUT2D eigenvalue weighted by atomic mass is 9.93. The fourth-order valence-electron chi connectivity index (χ4n) is 7.49. The van der Waals surface area contributed by atoms with Crippen molar-refractivity contribution in [2.24, 2.45) is 0 Å². The van der Waals surface area contributed by atoms with Gasteiger partial charge in [-0.25, -0.2) is 4.98 Å². The van der Waals surface area contributed by atoms with Crippen molar-refractivity contribution in [1.82, 2.24) is 9.97 Å². The van der Waals surface area contributed by atoms with E-state index in [1.165, 1.54) is 31.3 Å². The molecule has 4 heterocycles. The number of furan rings is 1. The maximum atomic E-state index is 6.44. The van der Waals surface area contributed by atoms with E-state index in [1.54, 1.807) is 0 Å². The maximum Gasteiger partial charge on any atom is 0.154 e. The van der Waals surface area contributed by atoms with E-state index < -0.39 is 0 Å². The van der Waals surface area contributed by atoms with E-state index in [0.29, 0.717) is 0 Å². The van der Waals surface area contributed by atoms with E-state index >= 15 is 0 Å². The van der Waals surface area contributed by atoms with Crippen LogP contribution in [0.1, 0.15) is 5.56 Å². The highest BCUT2D eigenvalue weighted by atomic mass is 32.1. The van der Waals surface area contributed by atoms with Gasteiger partial charge in [-0.3, -0.25) is 4.98 Å². The highest BCUT2D eigenvalue weighted by molar-refractivity contribution is 7.26. The van der Waals surface area contributed by atoms with Gasteiger partial charge in [-0.1, -0.05) is 121 Å². The van der Waals surface area contributed by atoms with Crippen LogP contribution in [0.25, 0.3) is 98.0 Å². The van der Waals surface area contributed by atoms with Crippen molar-refractivity contribution in [2.45, 2.75) is 6.92 Å². The zero-order valence-electron chi connectivity index (χ0n) is 27.8. The molecule has 0 aliphatic heterocycles. The molecule has 0 fully saturated rings. The molecule has 51 heavy (non-hydrogen) atoms. The van der Waals surface area contributed by atoms with Gasteiger partial charge < -0.3 is 4.42 Å². The van der Waals surface area contributed by atoms with Gasteiger partial charge in [0.25, 0.3) is 0 Å². The van der Waals surface area contributed by atoms with Crippen LogP contribution in [0.3, 0.4) is 0 Å². The standard InChI is InChI=1S/C47H30N2OS/c1-29-38(30-12-4-2-5-13-30)26-41(49-46(29)31-14-6-3-7-15-31)40-27-48-28-43-45(40)39-25-33(22-23-42(39)50-43)32-16-10-17-34(24-32)35-19-11-20-37-36-18-8-9-21-44(36)51-47(35)37/h2-28H,1H3. The molecule has 0 amide bonds. The van der Waals surface area contributed by atoms with Gasteiger partial charge in [0.1, 0.15) is 5.58 Å². The molecular formula is C47H30N2OS. The summed E-state index contributed by atoms with van der Waals surface area (Å²) in [4.78, 5) is 9.97. The number of rotatable bonds is 5. The number of fused-ring (bicyclic) bond motifs is 6. The number of pyridine rings is 2. The second-order valence-electron chi connectivity index (χ2n) is 13.0. The molecule has 0 N–H and O–H groups in total. The van der Waals surface area contributed by atoms with Crippen LogP contribution in [0, 0.1) is 6.92 Å². The SMILES string of the molecule is Cc1c(-c2ccccc2)cc(-c2cncc3oc4ccc(-c5cccc(-c6cccc7c6sc6ccccc67)c5)cc4c23)nc1-c1ccccc1. The average Bonchev–Trinajstić information content (AvgIpc) is 3.77. The van der Waals surface area contributed by atoms with Crippen molar-refractivity contribution >= 4 is 53.4 Å². The first-order valence-corrected chi connectivity index (χ1v) is 18.0. The topological polar surface area (TPSA) is 38.9 Å². The molecule has 0 saturated heterocycles. The Morgan fingerprint density at radius 1 is 0.490 bits per heavy atom. The van der Waals surface area contributed by atoms with E-state index in [-0.39, 0.29) is 0 Å². The Kier molecular flexibility index (Phi) is 6.90. The predicted octanol–water partition coefficient (Wildman–Crippen LogP) is 13.4. The predicted molar refractivity (Wildman–Crippen MR) is 214 cm³/mol. The second-order valence-corrected chi connectivity index (χ2v) is 14.0. The summed E-state index contributed by atoms with van der Waals surface area (Å²) in [5.41, 5.74) is 13.6. The third-order valence-corrected chi connectivity index (χ3v) is 11.2. The van der Waals surface area contributed by atoms with Crippen molar-refractivity contribution < 1.29 is 4.42 Å². The minimum Gasteiger partial charge on any atom is -0.454 e. The third-order valence-electron chi connectivity index (χ3n) is 9.97. The van der Waals surface area contributed by atoms with E-state index in [2.05, 4.69) is 158 Å². The van der Waals surface area contributed by atoms with Crippen molar-refractivity contribution in [3.8, 4) is 55.9 Å². The summed E-state index contributed by atoms with van der Waals surface area (Å²) in [5, 5.41) is 4.68. The summed E-state index contributed by atoms with van der Waals surface area (Å²) in [5.74, 6) is 0. The molecule has 0 aliphatic rings. The van der Waals surface area contributed by atoms with Crippen molar-refractivity contribution in [3.05, 3.63) is 170 Å². The molecule has 0 atom stereocenters. The molecule has 0 spiro atoms. The molecule has 0 radical (unpaired) electrons. The van der Waals surface area contributed by atoms with Crippen LogP contribution >= 0.6 is 11.3 Å². The van der Waals surface area contributed by atoms with Gasteiger partial charge in [-0.2, -0.15) is 0 Å². The summed E-state index contributed by atoms with van der Waals surface area (Å²) >= 11 is 1.86. The zero-order chi connectivity index (χ0) is 33.9. The minimum absolute atomic E-state index is 0.745. The highest BCUT2D eigenvalue weighted by Crippen LogP contribution is 2.43. The Labute approximate surface area is 299 Å². The Morgan fingerprint density at radius 2 is 1.20 bits per heavy atom. The van der Waals surface area contributed by atoms with Crippen molar-refractivity contribution in [2.75, 3.05) is 0 Å².